The number of rotatable bonds is 5. The number of nitrogen functional groups attached to an aromatic ring is 1. The molecule has 0 aromatic heterocycles. The van der Waals surface area contributed by atoms with Crippen LogP contribution in [-0.4, -0.2) is 11.5 Å². The van der Waals surface area contributed by atoms with Crippen LogP contribution < -0.4 is 11.1 Å². The van der Waals surface area contributed by atoms with E-state index in [1.54, 1.807) is 12.1 Å². The molecule has 0 aliphatic rings. The van der Waals surface area contributed by atoms with Gasteiger partial charge < -0.3 is 11.1 Å². The predicted molar refractivity (Wildman–Crippen MR) is 60.8 cm³/mol. The number of nitrogens with zero attached hydrogens (tertiary/aromatic N) is 1. The molecule has 3 N–H and O–H groups in total. The zero-order valence-corrected chi connectivity index (χ0v) is 8.27. The molecule has 0 amide bonds. The quantitative estimate of drug-likeness (QED) is 0.255. The number of anilines is 2. The first-order valence-corrected chi connectivity index (χ1v) is 4.54. The third-order valence-electron chi connectivity index (χ3n) is 1.91. The van der Waals surface area contributed by atoms with Crippen molar-refractivity contribution in [3.05, 3.63) is 41.0 Å². The predicted octanol–water partition coefficient (Wildman–Crippen LogP) is 2.17. The molecule has 1 aromatic carbocycles. The van der Waals surface area contributed by atoms with Crippen molar-refractivity contribution < 1.29 is 4.92 Å². The molecule has 0 saturated heterocycles. The molecule has 0 fully saturated rings. The number of nitrogens with one attached hydrogen (secondary N) is 1. The Morgan fingerprint density at radius 2 is 2.33 bits per heavy atom. The van der Waals surface area contributed by atoms with E-state index in [-0.39, 0.29) is 5.69 Å². The Hall–Kier alpha value is -2.04. The summed E-state index contributed by atoms with van der Waals surface area (Å²) < 4.78 is 0. The van der Waals surface area contributed by atoms with Gasteiger partial charge in [0, 0.05) is 18.7 Å². The minimum atomic E-state index is -0.468. The SMILES string of the molecule is C=CCCNc1ccc([N+](=O)[O-])cc1N. The second-order valence-corrected chi connectivity index (χ2v) is 3.03. The van der Waals surface area contributed by atoms with Crippen LogP contribution in [0.1, 0.15) is 6.42 Å². The molecule has 0 bridgehead atoms. The van der Waals surface area contributed by atoms with Crippen molar-refractivity contribution in [2.75, 3.05) is 17.6 Å². The second-order valence-electron chi connectivity index (χ2n) is 3.03. The summed E-state index contributed by atoms with van der Waals surface area (Å²) in [6, 6.07) is 4.37. The molecule has 0 aliphatic carbocycles. The minimum absolute atomic E-state index is 0.00164. The van der Waals surface area contributed by atoms with Crippen LogP contribution in [0, 0.1) is 10.1 Å². The van der Waals surface area contributed by atoms with Crippen molar-refractivity contribution in [3.63, 3.8) is 0 Å². The summed E-state index contributed by atoms with van der Waals surface area (Å²) in [6.45, 7) is 4.30. The zero-order valence-electron chi connectivity index (χ0n) is 8.27. The summed E-state index contributed by atoms with van der Waals surface area (Å²) in [6.07, 6.45) is 2.60. The Bertz CT molecular complexity index is 377. The number of nitro benzene ring substituents is 1. The lowest BCUT2D eigenvalue weighted by Gasteiger charge is -2.07. The van der Waals surface area contributed by atoms with Crippen LogP contribution in [0.5, 0.6) is 0 Å². The van der Waals surface area contributed by atoms with E-state index in [2.05, 4.69) is 11.9 Å². The molecule has 0 radical (unpaired) electrons. The van der Waals surface area contributed by atoms with Crippen molar-refractivity contribution in [1.29, 1.82) is 0 Å². The Kier molecular flexibility index (Phi) is 3.68. The highest BCUT2D eigenvalue weighted by molar-refractivity contribution is 5.69. The fraction of sp³-hybridized carbons (Fsp3) is 0.200. The lowest BCUT2D eigenvalue weighted by molar-refractivity contribution is -0.384. The number of hydrogen-bond acceptors (Lipinski definition) is 4. The second kappa shape index (κ2) is 4.99. The highest BCUT2D eigenvalue weighted by Crippen LogP contribution is 2.23. The van der Waals surface area contributed by atoms with E-state index in [1.807, 2.05) is 0 Å². The molecular formula is C10H13N3O2. The van der Waals surface area contributed by atoms with Gasteiger partial charge in [-0.2, -0.15) is 0 Å². The van der Waals surface area contributed by atoms with Crippen LogP contribution in [0.3, 0.4) is 0 Å². The molecule has 0 aliphatic heterocycles. The summed E-state index contributed by atoms with van der Waals surface area (Å²) in [5, 5.41) is 13.5. The Labute approximate surface area is 87.7 Å². The Morgan fingerprint density at radius 1 is 1.60 bits per heavy atom. The molecule has 15 heavy (non-hydrogen) atoms. The lowest BCUT2D eigenvalue weighted by atomic mass is 10.2. The molecular weight excluding hydrogens is 194 g/mol. The summed E-state index contributed by atoms with van der Waals surface area (Å²) in [5.41, 5.74) is 6.74. The molecule has 5 nitrogen and oxygen atoms in total. The molecule has 80 valence electrons. The number of hydrogen-bond donors (Lipinski definition) is 2. The first kappa shape index (κ1) is 11.0. The number of nitrogens with two attached hydrogens (primary N) is 1. The largest absolute Gasteiger partial charge is 0.397 e. The van der Waals surface area contributed by atoms with Crippen LogP contribution in [0.2, 0.25) is 0 Å². The van der Waals surface area contributed by atoms with Gasteiger partial charge in [0.2, 0.25) is 0 Å². The van der Waals surface area contributed by atoms with Gasteiger partial charge in [-0.15, -0.1) is 6.58 Å². The van der Waals surface area contributed by atoms with Crippen LogP contribution in [0.4, 0.5) is 17.1 Å². The van der Waals surface area contributed by atoms with Gasteiger partial charge in [-0.05, 0) is 12.5 Å². The van der Waals surface area contributed by atoms with Gasteiger partial charge in [-0.1, -0.05) is 6.08 Å². The molecule has 1 rings (SSSR count). The monoisotopic (exact) mass is 207 g/mol. The highest BCUT2D eigenvalue weighted by atomic mass is 16.6. The van der Waals surface area contributed by atoms with E-state index >= 15 is 0 Å². The topological polar surface area (TPSA) is 81.2 Å². The highest BCUT2D eigenvalue weighted by Gasteiger charge is 2.07. The average Bonchev–Trinajstić information content (AvgIpc) is 2.20. The van der Waals surface area contributed by atoms with E-state index in [0.717, 1.165) is 6.42 Å². The van der Waals surface area contributed by atoms with Crippen molar-refractivity contribution >= 4 is 17.1 Å². The van der Waals surface area contributed by atoms with Crippen molar-refractivity contribution in [2.24, 2.45) is 0 Å². The zero-order chi connectivity index (χ0) is 11.3. The van der Waals surface area contributed by atoms with Gasteiger partial charge in [0.15, 0.2) is 0 Å². The van der Waals surface area contributed by atoms with Gasteiger partial charge in [0.1, 0.15) is 0 Å². The van der Waals surface area contributed by atoms with Gasteiger partial charge in [-0.3, -0.25) is 10.1 Å². The maximum absolute atomic E-state index is 10.4. The summed E-state index contributed by atoms with van der Waals surface area (Å²) >= 11 is 0. The normalized spacial score (nSPS) is 9.60. The van der Waals surface area contributed by atoms with E-state index < -0.39 is 4.92 Å². The fourth-order valence-electron chi connectivity index (χ4n) is 1.13. The van der Waals surface area contributed by atoms with Crippen LogP contribution in [0.25, 0.3) is 0 Å². The van der Waals surface area contributed by atoms with Gasteiger partial charge in [0.05, 0.1) is 16.3 Å². The van der Waals surface area contributed by atoms with Crippen LogP contribution in [0.15, 0.2) is 30.9 Å². The van der Waals surface area contributed by atoms with Crippen molar-refractivity contribution in [1.82, 2.24) is 0 Å². The Balaban J connectivity index is 2.74. The average molecular weight is 207 g/mol. The lowest BCUT2D eigenvalue weighted by Crippen LogP contribution is -2.03. The summed E-state index contributed by atoms with van der Waals surface area (Å²) in [4.78, 5) is 9.97. The number of nitro groups is 1. The number of benzene rings is 1. The van der Waals surface area contributed by atoms with Crippen LogP contribution >= 0.6 is 0 Å². The molecule has 0 heterocycles. The van der Waals surface area contributed by atoms with E-state index in [4.69, 9.17) is 5.73 Å². The third-order valence-corrected chi connectivity index (χ3v) is 1.91. The van der Waals surface area contributed by atoms with Gasteiger partial charge in [-0.25, -0.2) is 0 Å². The third kappa shape index (κ3) is 2.98. The van der Waals surface area contributed by atoms with Crippen LogP contribution in [-0.2, 0) is 0 Å². The smallest absolute Gasteiger partial charge is 0.271 e. The molecule has 0 atom stereocenters. The van der Waals surface area contributed by atoms with E-state index in [0.29, 0.717) is 17.9 Å². The molecule has 1 aromatic rings. The maximum Gasteiger partial charge on any atom is 0.271 e. The molecule has 0 saturated carbocycles. The van der Waals surface area contributed by atoms with Gasteiger partial charge in [0.25, 0.3) is 5.69 Å². The Morgan fingerprint density at radius 3 is 2.87 bits per heavy atom. The standard InChI is InChI=1S/C10H13N3O2/c1-2-3-6-12-10-5-4-8(13(14)15)7-9(10)11/h2,4-5,7,12H,1,3,6,11H2. The number of non-ortho nitro benzene ring substituents is 1. The minimum Gasteiger partial charge on any atom is -0.397 e. The molecule has 5 heteroatoms. The first-order valence-electron chi connectivity index (χ1n) is 4.54. The van der Waals surface area contributed by atoms with Crippen molar-refractivity contribution in [3.8, 4) is 0 Å². The molecule has 0 spiro atoms. The van der Waals surface area contributed by atoms with Crippen molar-refractivity contribution in [2.45, 2.75) is 6.42 Å². The van der Waals surface area contributed by atoms with Gasteiger partial charge >= 0.3 is 0 Å². The fourth-order valence-corrected chi connectivity index (χ4v) is 1.13. The van der Waals surface area contributed by atoms with E-state index in [9.17, 15) is 10.1 Å². The van der Waals surface area contributed by atoms with E-state index in [1.165, 1.54) is 12.1 Å². The summed E-state index contributed by atoms with van der Waals surface area (Å²) in [7, 11) is 0. The molecule has 0 unspecified atom stereocenters. The first-order chi connectivity index (χ1) is 7.15. The maximum atomic E-state index is 10.4. The summed E-state index contributed by atoms with van der Waals surface area (Å²) in [5.74, 6) is 0.